The summed E-state index contributed by atoms with van der Waals surface area (Å²) in [6, 6.07) is 8.04. The minimum atomic E-state index is -0.0146. The van der Waals surface area contributed by atoms with Crippen LogP contribution in [0, 0.1) is 5.92 Å². The van der Waals surface area contributed by atoms with Gasteiger partial charge in [0.1, 0.15) is 5.76 Å². The summed E-state index contributed by atoms with van der Waals surface area (Å²) in [5.74, 6) is 2.94. The van der Waals surface area contributed by atoms with Gasteiger partial charge in [0.25, 0.3) is 0 Å². The number of rotatable bonds is 9. The smallest absolute Gasteiger partial charge is 0.191 e. The van der Waals surface area contributed by atoms with E-state index in [1.54, 1.807) is 0 Å². The molecule has 1 aromatic carbocycles. The van der Waals surface area contributed by atoms with Crippen LogP contribution in [0.2, 0.25) is 0 Å². The van der Waals surface area contributed by atoms with Crippen molar-refractivity contribution in [1.82, 2.24) is 15.5 Å². The number of benzene rings is 1. The summed E-state index contributed by atoms with van der Waals surface area (Å²) in [7, 11) is 0. The monoisotopic (exact) mass is 416 g/mol. The van der Waals surface area contributed by atoms with Gasteiger partial charge in [-0.05, 0) is 38.8 Å². The molecule has 0 amide bonds. The van der Waals surface area contributed by atoms with Crippen molar-refractivity contribution in [3.05, 3.63) is 30.0 Å². The predicted octanol–water partition coefficient (Wildman–Crippen LogP) is 3.42. The molecule has 7 heteroatoms. The van der Waals surface area contributed by atoms with Crippen LogP contribution < -0.4 is 15.4 Å². The largest absolute Gasteiger partial charge is 0.490 e. The number of aliphatic imine (C=N–C) groups is 1. The van der Waals surface area contributed by atoms with Gasteiger partial charge in [-0.3, -0.25) is 9.89 Å². The van der Waals surface area contributed by atoms with Crippen LogP contribution in [-0.2, 0) is 4.74 Å². The second kappa shape index (κ2) is 11.2. The lowest BCUT2D eigenvalue weighted by atomic mass is 10.1. The summed E-state index contributed by atoms with van der Waals surface area (Å²) in [5.41, 5.74) is 0.795. The normalized spacial score (nSPS) is 17.7. The van der Waals surface area contributed by atoms with E-state index in [1.165, 1.54) is 0 Å². The first kappa shape index (κ1) is 22.4. The van der Waals surface area contributed by atoms with Gasteiger partial charge in [0.05, 0.1) is 25.9 Å². The van der Waals surface area contributed by atoms with Crippen molar-refractivity contribution < 1.29 is 13.9 Å². The third-order valence-electron chi connectivity index (χ3n) is 5.19. The summed E-state index contributed by atoms with van der Waals surface area (Å²) >= 11 is 0. The fourth-order valence-electron chi connectivity index (χ4n) is 3.66. The minimum Gasteiger partial charge on any atom is -0.490 e. The molecule has 1 aromatic heterocycles. The molecule has 1 aliphatic heterocycles. The Morgan fingerprint density at radius 1 is 1.23 bits per heavy atom. The van der Waals surface area contributed by atoms with E-state index in [2.05, 4.69) is 42.4 Å². The van der Waals surface area contributed by atoms with E-state index in [9.17, 15) is 0 Å². The molecule has 7 nitrogen and oxygen atoms in total. The van der Waals surface area contributed by atoms with E-state index < -0.39 is 0 Å². The molecule has 0 radical (unpaired) electrons. The van der Waals surface area contributed by atoms with Gasteiger partial charge in [-0.25, -0.2) is 0 Å². The maximum atomic E-state index is 6.13. The van der Waals surface area contributed by atoms with Gasteiger partial charge in [0, 0.05) is 38.1 Å². The second-order valence-corrected chi connectivity index (χ2v) is 7.86. The van der Waals surface area contributed by atoms with Crippen molar-refractivity contribution >= 4 is 16.9 Å². The average Bonchev–Trinajstić information content (AvgIpc) is 3.19. The van der Waals surface area contributed by atoms with Gasteiger partial charge < -0.3 is 24.5 Å². The zero-order valence-electron chi connectivity index (χ0n) is 18.7. The molecule has 1 fully saturated rings. The summed E-state index contributed by atoms with van der Waals surface area (Å²) in [6.07, 6.45) is 0. The van der Waals surface area contributed by atoms with E-state index in [1.807, 2.05) is 25.1 Å². The molecule has 0 aliphatic carbocycles. The Bertz CT molecular complexity index is 814. The summed E-state index contributed by atoms with van der Waals surface area (Å²) < 4.78 is 17.3. The Labute approximate surface area is 179 Å². The van der Waals surface area contributed by atoms with Crippen LogP contribution in [0.3, 0.4) is 0 Å². The van der Waals surface area contributed by atoms with Gasteiger partial charge in [0.2, 0.25) is 0 Å². The number of morpholine rings is 1. The number of ether oxygens (including phenoxy) is 2. The maximum Gasteiger partial charge on any atom is 0.191 e. The molecule has 3 rings (SSSR count). The molecule has 2 aromatic rings. The third-order valence-corrected chi connectivity index (χ3v) is 5.19. The highest BCUT2D eigenvalue weighted by Crippen LogP contribution is 2.31. The van der Waals surface area contributed by atoms with E-state index in [-0.39, 0.29) is 6.04 Å². The quantitative estimate of drug-likeness (QED) is 0.482. The van der Waals surface area contributed by atoms with Crippen LogP contribution in [0.25, 0.3) is 11.0 Å². The fourth-order valence-corrected chi connectivity index (χ4v) is 3.66. The zero-order valence-corrected chi connectivity index (χ0v) is 18.7. The Hall–Kier alpha value is -2.25. The van der Waals surface area contributed by atoms with E-state index >= 15 is 0 Å². The molecular weight excluding hydrogens is 380 g/mol. The topological polar surface area (TPSA) is 71.3 Å². The Kier molecular flexibility index (Phi) is 8.39. The first-order valence-corrected chi connectivity index (χ1v) is 11.1. The first-order valence-electron chi connectivity index (χ1n) is 11.1. The van der Waals surface area contributed by atoms with Gasteiger partial charge in [0.15, 0.2) is 17.3 Å². The second-order valence-electron chi connectivity index (χ2n) is 7.86. The predicted molar refractivity (Wildman–Crippen MR) is 121 cm³/mol. The Morgan fingerprint density at radius 3 is 2.77 bits per heavy atom. The van der Waals surface area contributed by atoms with Crippen molar-refractivity contribution in [2.24, 2.45) is 10.9 Å². The molecular formula is C23H36N4O3. The van der Waals surface area contributed by atoms with Gasteiger partial charge in [-0.2, -0.15) is 0 Å². The van der Waals surface area contributed by atoms with Gasteiger partial charge in [-0.15, -0.1) is 0 Å². The van der Waals surface area contributed by atoms with Crippen molar-refractivity contribution in [2.75, 3.05) is 52.5 Å². The minimum absolute atomic E-state index is 0.0146. The fraction of sp³-hybridized carbons (Fsp3) is 0.609. The number of fused-ring (bicyclic) bond motifs is 1. The number of hydrogen-bond acceptors (Lipinski definition) is 5. The number of para-hydroxylation sites is 1. The van der Waals surface area contributed by atoms with Crippen molar-refractivity contribution in [1.29, 1.82) is 0 Å². The first-order chi connectivity index (χ1) is 14.6. The molecule has 2 N–H and O–H groups in total. The SMILES string of the molecule is CCNC(=NCC(C)CN1CCOCC1)NC(C)c1cc2cccc(OCC)c2o1. The van der Waals surface area contributed by atoms with Gasteiger partial charge in [-0.1, -0.05) is 19.1 Å². The van der Waals surface area contributed by atoms with Crippen molar-refractivity contribution in [3.63, 3.8) is 0 Å². The average molecular weight is 417 g/mol. The van der Waals surface area contributed by atoms with Crippen molar-refractivity contribution in [3.8, 4) is 5.75 Å². The summed E-state index contributed by atoms with van der Waals surface area (Å²) in [4.78, 5) is 7.27. The highest BCUT2D eigenvalue weighted by atomic mass is 16.5. The lowest BCUT2D eigenvalue weighted by molar-refractivity contribution is 0.0323. The van der Waals surface area contributed by atoms with Crippen LogP contribution in [0.15, 0.2) is 33.7 Å². The molecule has 166 valence electrons. The highest BCUT2D eigenvalue weighted by Gasteiger charge is 2.17. The number of guanidine groups is 1. The lowest BCUT2D eigenvalue weighted by Gasteiger charge is -2.28. The standard InChI is InChI=1S/C23H36N4O3/c1-5-24-23(25-15-17(3)16-27-10-12-28-13-11-27)26-18(4)21-14-19-8-7-9-20(29-6-2)22(19)30-21/h7-9,14,17-18H,5-6,10-13,15-16H2,1-4H3,(H2,24,25,26). The number of nitrogens with zero attached hydrogens (tertiary/aromatic N) is 2. The van der Waals surface area contributed by atoms with Crippen LogP contribution in [0.5, 0.6) is 5.75 Å². The maximum absolute atomic E-state index is 6.13. The number of nitrogens with one attached hydrogen (secondary N) is 2. The molecule has 0 saturated carbocycles. The highest BCUT2D eigenvalue weighted by molar-refractivity contribution is 5.84. The van der Waals surface area contributed by atoms with Crippen molar-refractivity contribution in [2.45, 2.75) is 33.7 Å². The molecule has 2 unspecified atom stereocenters. The summed E-state index contributed by atoms with van der Waals surface area (Å²) in [5, 5.41) is 7.87. The third kappa shape index (κ3) is 6.12. The molecule has 1 aliphatic rings. The zero-order chi connectivity index (χ0) is 21.3. The molecule has 2 heterocycles. The molecule has 2 atom stereocenters. The van der Waals surface area contributed by atoms with Crippen LogP contribution in [-0.4, -0.2) is 63.4 Å². The number of hydrogen-bond donors (Lipinski definition) is 2. The lowest BCUT2D eigenvalue weighted by Crippen LogP contribution is -2.41. The summed E-state index contributed by atoms with van der Waals surface area (Å²) in [6.45, 7) is 15.3. The molecule has 30 heavy (non-hydrogen) atoms. The van der Waals surface area contributed by atoms with E-state index in [0.29, 0.717) is 12.5 Å². The Balaban J connectivity index is 1.62. The molecule has 1 saturated heterocycles. The van der Waals surface area contributed by atoms with Crippen LogP contribution >= 0.6 is 0 Å². The number of furan rings is 1. The van der Waals surface area contributed by atoms with Crippen LogP contribution in [0.4, 0.5) is 0 Å². The van der Waals surface area contributed by atoms with Crippen LogP contribution in [0.1, 0.15) is 39.5 Å². The van der Waals surface area contributed by atoms with Gasteiger partial charge >= 0.3 is 0 Å². The molecule has 0 spiro atoms. The molecule has 0 bridgehead atoms. The Morgan fingerprint density at radius 2 is 2.03 bits per heavy atom. The van der Waals surface area contributed by atoms with E-state index in [4.69, 9.17) is 18.9 Å². The van der Waals surface area contributed by atoms with E-state index in [0.717, 1.165) is 74.4 Å².